The van der Waals surface area contributed by atoms with E-state index in [1.807, 2.05) is 14.1 Å². The Labute approximate surface area is 118 Å². The molecule has 0 aromatic carbocycles. The van der Waals surface area contributed by atoms with Gasteiger partial charge >= 0.3 is 0 Å². The van der Waals surface area contributed by atoms with Gasteiger partial charge in [0.15, 0.2) is 0 Å². The first-order valence-electron chi connectivity index (χ1n) is 6.09. The Morgan fingerprint density at radius 2 is 2.15 bits per heavy atom. The molecule has 8 heteroatoms. The Morgan fingerprint density at radius 3 is 2.80 bits per heavy atom. The lowest BCUT2D eigenvalue weighted by Crippen LogP contribution is -2.23. The number of nitrogens with one attached hydrogen (secondary N) is 2. The molecule has 2 heterocycles. The van der Waals surface area contributed by atoms with Crippen molar-refractivity contribution < 1.29 is 8.42 Å². The molecule has 0 aliphatic rings. The van der Waals surface area contributed by atoms with Crippen LogP contribution in [0.15, 0.2) is 35.5 Å². The molecule has 0 amide bonds. The van der Waals surface area contributed by atoms with E-state index < -0.39 is 10.0 Å². The zero-order chi connectivity index (χ0) is 14.6. The van der Waals surface area contributed by atoms with E-state index in [1.54, 1.807) is 35.2 Å². The van der Waals surface area contributed by atoms with E-state index in [1.165, 1.54) is 0 Å². The smallest absolute Gasteiger partial charge is 0.242 e. The summed E-state index contributed by atoms with van der Waals surface area (Å²) < 4.78 is 28.7. The molecule has 2 aromatic rings. The van der Waals surface area contributed by atoms with Gasteiger partial charge in [0, 0.05) is 31.7 Å². The maximum Gasteiger partial charge on any atom is 0.242 e. The highest BCUT2D eigenvalue weighted by molar-refractivity contribution is 7.89. The van der Waals surface area contributed by atoms with Crippen molar-refractivity contribution in [2.75, 3.05) is 7.05 Å². The predicted octanol–water partition coefficient (Wildman–Crippen LogP) is 0.0130. The van der Waals surface area contributed by atoms with Gasteiger partial charge in [-0.2, -0.15) is 10.2 Å². The van der Waals surface area contributed by atoms with Gasteiger partial charge in [-0.25, -0.2) is 13.1 Å². The van der Waals surface area contributed by atoms with Gasteiger partial charge in [-0.3, -0.25) is 0 Å². The van der Waals surface area contributed by atoms with Gasteiger partial charge in [-0.1, -0.05) is 0 Å². The summed E-state index contributed by atoms with van der Waals surface area (Å²) in [5, 5.41) is 10.5. The van der Waals surface area contributed by atoms with Gasteiger partial charge in [0.05, 0.1) is 17.1 Å². The third-order valence-corrected chi connectivity index (χ3v) is 4.19. The van der Waals surface area contributed by atoms with Crippen LogP contribution in [0.3, 0.4) is 0 Å². The third-order valence-electron chi connectivity index (χ3n) is 2.82. The van der Waals surface area contributed by atoms with E-state index in [0.29, 0.717) is 12.2 Å². The first kappa shape index (κ1) is 14.6. The van der Waals surface area contributed by atoms with Crippen molar-refractivity contribution in [3.05, 3.63) is 42.0 Å². The summed E-state index contributed by atoms with van der Waals surface area (Å²) in [5.74, 6) is 0. The zero-order valence-corrected chi connectivity index (χ0v) is 12.2. The van der Waals surface area contributed by atoms with Gasteiger partial charge in [0.2, 0.25) is 10.0 Å². The van der Waals surface area contributed by atoms with E-state index in [0.717, 1.165) is 5.69 Å². The van der Waals surface area contributed by atoms with Crippen molar-refractivity contribution in [1.82, 2.24) is 24.8 Å². The molecule has 0 radical (unpaired) electrons. The third kappa shape index (κ3) is 3.41. The van der Waals surface area contributed by atoms with E-state index in [2.05, 4.69) is 20.2 Å². The van der Waals surface area contributed by atoms with Gasteiger partial charge in [-0.15, -0.1) is 0 Å². The summed E-state index contributed by atoms with van der Waals surface area (Å²) in [6.45, 7) is 0.725. The molecule has 0 saturated heterocycles. The van der Waals surface area contributed by atoms with Gasteiger partial charge < -0.3 is 9.88 Å². The summed E-state index contributed by atoms with van der Waals surface area (Å²) in [7, 11) is 0.0820. The largest absolute Gasteiger partial charge is 0.352 e. The van der Waals surface area contributed by atoms with Crippen LogP contribution >= 0.6 is 0 Å². The predicted molar refractivity (Wildman–Crippen MR) is 74.2 cm³/mol. The number of aromatic nitrogens is 3. The maximum atomic E-state index is 12.2. The van der Waals surface area contributed by atoms with Crippen LogP contribution in [-0.4, -0.2) is 30.2 Å². The highest BCUT2D eigenvalue weighted by Gasteiger charge is 2.17. The molecule has 2 rings (SSSR count). The van der Waals surface area contributed by atoms with Crippen molar-refractivity contribution >= 4 is 10.0 Å². The van der Waals surface area contributed by atoms with E-state index in [4.69, 9.17) is 0 Å². The molecule has 0 spiro atoms. The molecule has 0 bridgehead atoms. The topological polar surface area (TPSA) is 88.9 Å². The van der Waals surface area contributed by atoms with E-state index in [9.17, 15) is 8.42 Å². The highest BCUT2D eigenvalue weighted by atomic mass is 32.2. The van der Waals surface area contributed by atoms with Gasteiger partial charge in [-0.05, 0) is 25.2 Å². The van der Waals surface area contributed by atoms with Crippen molar-refractivity contribution in [2.24, 2.45) is 7.05 Å². The minimum Gasteiger partial charge on any atom is -0.352 e. The number of nitrogens with zero attached hydrogens (tertiary/aromatic N) is 3. The summed E-state index contributed by atoms with van der Waals surface area (Å²) >= 11 is 0. The fourth-order valence-electron chi connectivity index (χ4n) is 1.76. The molecule has 0 aliphatic carbocycles. The number of sulfonamides is 1. The Balaban J connectivity index is 2.12. The minimum atomic E-state index is -3.54. The normalized spacial score (nSPS) is 11.7. The highest BCUT2D eigenvalue weighted by Crippen LogP contribution is 2.13. The van der Waals surface area contributed by atoms with Gasteiger partial charge in [0.1, 0.15) is 0 Å². The second-order valence-electron chi connectivity index (χ2n) is 4.35. The van der Waals surface area contributed by atoms with Crippen LogP contribution in [0.1, 0.15) is 11.4 Å². The van der Waals surface area contributed by atoms with Crippen LogP contribution in [0, 0.1) is 0 Å². The van der Waals surface area contributed by atoms with Crippen LogP contribution in [0.25, 0.3) is 0 Å². The van der Waals surface area contributed by atoms with Crippen molar-refractivity contribution in [2.45, 2.75) is 18.0 Å². The molecule has 108 valence electrons. The standard InChI is InChI=1S/C12H17N5O2S/c1-13-8-11-6-12(9-17(11)2)20(18,19)15-7-10-4-3-5-14-16-10/h3-6,9,13,15H,7-8H2,1-2H3. The molecule has 2 aromatic heterocycles. The molecule has 0 atom stereocenters. The summed E-state index contributed by atoms with van der Waals surface area (Å²) in [5.41, 5.74) is 1.47. The second kappa shape index (κ2) is 6.12. The SMILES string of the molecule is CNCc1cc(S(=O)(=O)NCc2cccnn2)cn1C. The number of hydrogen-bond donors (Lipinski definition) is 2. The van der Waals surface area contributed by atoms with E-state index >= 15 is 0 Å². The number of hydrogen-bond acceptors (Lipinski definition) is 5. The molecular formula is C12H17N5O2S. The van der Waals surface area contributed by atoms with Crippen LogP contribution in [-0.2, 0) is 30.2 Å². The van der Waals surface area contributed by atoms with Crippen molar-refractivity contribution in [3.8, 4) is 0 Å². The Kier molecular flexibility index (Phi) is 4.48. The molecule has 2 N–H and O–H groups in total. The monoisotopic (exact) mass is 295 g/mol. The molecule has 0 aliphatic heterocycles. The summed E-state index contributed by atoms with van der Waals surface area (Å²) in [4.78, 5) is 0.245. The second-order valence-corrected chi connectivity index (χ2v) is 6.11. The quantitative estimate of drug-likeness (QED) is 0.784. The average molecular weight is 295 g/mol. The molecule has 0 unspecified atom stereocenters. The van der Waals surface area contributed by atoms with Crippen LogP contribution in [0.5, 0.6) is 0 Å². The first-order valence-corrected chi connectivity index (χ1v) is 7.57. The van der Waals surface area contributed by atoms with Gasteiger partial charge in [0.25, 0.3) is 0 Å². The molecule has 0 fully saturated rings. The minimum absolute atomic E-state index is 0.117. The average Bonchev–Trinajstić information content (AvgIpc) is 2.81. The molecule has 7 nitrogen and oxygen atoms in total. The first-order chi connectivity index (χ1) is 9.53. The van der Waals surface area contributed by atoms with Crippen molar-refractivity contribution in [1.29, 1.82) is 0 Å². The molecular weight excluding hydrogens is 278 g/mol. The lowest BCUT2D eigenvalue weighted by molar-refractivity contribution is 0.579. The van der Waals surface area contributed by atoms with Crippen LogP contribution < -0.4 is 10.0 Å². The Bertz CT molecular complexity index is 666. The van der Waals surface area contributed by atoms with Crippen LogP contribution in [0.4, 0.5) is 0 Å². The fourth-order valence-corrected chi connectivity index (χ4v) is 2.85. The Morgan fingerprint density at radius 1 is 1.35 bits per heavy atom. The number of rotatable bonds is 6. The van der Waals surface area contributed by atoms with Crippen LogP contribution in [0.2, 0.25) is 0 Å². The zero-order valence-electron chi connectivity index (χ0n) is 11.4. The maximum absolute atomic E-state index is 12.2. The number of aryl methyl sites for hydroxylation is 1. The molecule has 0 saturated carbocycles. The Hall–Kier alpha value is -1.77. The lowest BCUT2D eigenvalue weighted by Gasteiger charge is -2.03. The lowest BCUT2D eigenvalue weighted by atomic mass is 10.4. The van der Waals surface area contributed by atoms with E-state index in [-0.39, 0.29) is 11.4 Å². The summed E-state index contributed by atoms with van der Waals surface area (Å²) in [6, 6.07) is 5.08. The van der Waals surface area contributed by atoms with Crippen molar-refractivity contribution in [3.63, 3.8) is 0 Å². The molecule has 20 heavy (non-hydrogen) atoms. The summed E-state index contributed by atoms with van der Waals surface area (Å²) in [6.07, 6.45) is 3.13. The fraction of sp³-hybridized carbons (Fsp3) is 0.333.